The fourth-order valence-electron chi connectivity index (χ4n) is 3.25. The molecule has 0 spiro atoms. The van der Waals surface area contributed by atoms with Crippen LogP contribution in [0.4, 0.5) is 0 Å². The molecule has 0 N–H and O–H groups in total. The minimum absolute atomic E-state index is 1.23. The Kier molecular flexibility index (Phi) is 7.16. The SMILES string of the molecule is CCCCCCCCCCc1cccc2c1Sc1ccccc1S2. The summed E-state index contributed by atoms with van der Waals surface area (Å²) in [5, 5.41) is 0. The number of hydrogen-bond acceptors (Lipinski definition) is 2. The van der Waals surface area contributed by atoms with Crippen molar-refractivity contribution in [2.45, 2.75) is 84.3 Å². The molecule has 0 saturated carbocycles. The molecule has 0 fully saturated rings. The standard InChI is InChI=1S/C22H28S2/c1-2-3-4-5-6-7-8-9-13-18-14-12-17-21-22(18)24-20-16-11-10-15-19(20)23-21/h10-12,14-17H,2-9,13H2,1H3. The van der Waals surface area contributed by atoms with E-state index >= 15 is 0 Å². The van der Waals surface area contributed by atoms with Crippen LogP contribution in [0.25, 0.3) is 0 Å². The lowest BCUT2D eigenvalue weighted by atomic mass is 10.0. The second kappa shape index (κ2) is 9.58. The van der Waals surface area contributed by atoms with Crippen LogP contribution in [0.2, 0.25) is 0 Å². The third kappa shape index (κ3) is 4.83. The zero-order chi connectivity index (χ0) is 16.6. The van der Waals surface area contributed by atoms with Crippen LogP contribution in [0.15, 0.2) is 62.0 Å². The lowest BCUT2D eigenvalue weighted by Gasteiger charge is -2.20. The van der Waals surface area contributed by atoms with Crippen molar-refractivity contribution in [2.24, 2.45) is 0 Å². The molecule has 0 nitrogen and oxygen atoms in total. The molecule has 24 heavy (non-hydrogen) atoms. The quantitative estimate of drug-likeness (QED) is 0.356. The van der Waals surface area contributed by atoms with Crippen molar-refractivity contribution in [3.05, 3.63) is 48.0 Å². The predicted molar refractivity (Wildman–Crippen MR) is 107 cm³/mol. The van der Waals surface area contributed by atoms with Crippen molar-refractivity contribution < 1.29 is 0 Å². The Morgan fingerprint density at radius 2 is 1.25 bits per heavy atom. The maximum Gasteiger partial charge on any atom is 0.0294 e. The average Bonchev–Trinajstić information content (AvgIpc) is 2.62. The predicted octanol–water partition coefficient (Wildman–Crippen LogP) is 7.99. The van der Waals surface area contributed by atoms with E-state index in [0.29, 0.717) is 0 Å². The lowest BCUT2D eigenvalue weighted by molar-refractivity contribution is 0.574. The Bertz CT molecular complexity index is 648. The summed E-state index contributed by atoms with van der Waals surface area (Å²) in [4.78, 5) is 5.76. The number of benzene rings is 2. The molecule has 0 aromatic heterocycles. The molecule has 0 saturated heterocycles. The molecule has 0 bridgehead atoms. The molecule has 1 heterocycles. The molecule has 2 heteroatoms. The van der Waals surface area contributed by atoms with Gasteiger partial charge >= 0.3 is 0 Å². The van der Waals surface area contributed by atoms with E-state index in [1.54, 1.807) is 5.56 Å². The summed E-state index contributed by atoms with van der Waals surface area (Å²) in [6.07, 6.45) is 12.4. The molecule has 0 aliphatic carbocycles. The van der Waals surface area contributed by atoms with Gasteiger partial charge in [-0.15, -0.1) is 0 Å². The molecule has 2 aromatic carbocycles. The van der Waals surface area contributed by atoms with Crippen LogP contribution < -0.4 is 0 Å². The molecule has 0 radical (unpaired) electrons. The van der Waals surface area contributed by atoms with Crippen LogP contribution in [-0.4, -0.2) is 0 Å². The number of rotatable bonds is 9. The fourth-order valence-corrected chi connectivity index (χ4v) is 5.68. The van der Waals surface area contributed by atoms with Gasteiger partial charge in [0.15, 0.2) is 0 Å². The topological polar surface area (TPSA) is 0 Å². The summed E-state index contributed by atoms with van der Waals surface area (Å²) in [7, 11) is 0. The van der Waals surface area contributed by atoms with Crippen LogP contribution in [0, 0.1) is 0 Å². The summed E-state index contributed by atoms with van der Waals surface area (Å²) in [6, 6.07) is 15.6. The van der Waals surface area contributed by atoms with Crippen molar-refractivity contribution in [3.63, 3.8) is 0 Å². The molecule has 128 valence electrons. The van der Waals surface area contributed by atoms with E-state index in [4.69, 9.17) is 0 Å². The van der Waals surface area contributed by atoms with Gasteiger partial charge in [-0.05, 0) is 36.6 Å². The van der Waals surface area contributed by atoms with Gasteiger partial charge in [0.2, 0.25) is 0 Å². The molecular weight excluding hydrogens is 328 g/mol. The Hall–Kier alpha value is -0.860. The van der Waals surface area contributed by atoms with Crippen molar-refractivity contribution in [2.75, 3.05) is 0 Å². The normalized spacial score (nSPS) is 12.7. The Morgan fingerprint density at radius 1 is 0.625 bits per heavy atom. The van der Waals surface area contributed by atoms with E-state index < -0.39 is 0 Å². The van der Waals surface area contributed by atoms with Crippen LogP contribution in [0.5, 0.6) is 0 Å². The van der Waals surface area contributed by atoms with Crippen molar-refractivity contribution >= 4 is 23.5 Å². The molecule has 0 unspecified atom stereocenters. The maximum absolute atomic E-state index is 2.33. The summed E-state index contributed by atoms with van der Waals surface area (Å²) in [5.74, 6) is 0. The van der Waals surface area contributed by atoms with Crippen LogP contribution >= 0.6 is 23.5 Å². The number of hydrogen-bond donors (Lipinski definition) is 0. The summed E-state index contributed by atoms with van der Waals surface area (Å²) < 4.78 is 0. The van der Waals surface area contributed by atoms with Crippen LogP contribution in [0.3, 0.4) is 0 Å². The first-order valence-electron chi connectivity index (χ1n) is 9.45. The second-order valence-corrected chi connectivity index (χ2v) is 8.76. The monoisotopic (exact) mass is 356 g/mol. The second-order valence-electron chi connectivity index (χ2n) is 6.62. The molecule has 1 aliphatic heterocycles. The molecule has 3 rings (SSSR count). The zero-order valence-corrected chi connectivity index (χ0v) is 16.4. The van der Waals surface area contributed by atoms with E-state index in [1.165, 1.54) is 77.4 Å². The lowest BCUT2D eigenvalue weighted by Crippen LogP contribution is -1.95. The fraction of sp³-hybridized carbons (Fsp3) is 0.455. The van der Waals surface area contributed by atoms with Crippen molar-refractivity contribution in [3.8, 4) is 0 Å². The Labute approximate surface area is 155 Å². The average molecular weight is 357 g/mol. The van der Waals surface area contributed by atoms with Gasteiger partial charge in [-0.1, -0.05) is 99.7 Å². The highest BCUT2D eigenvalue weighted by Gasteiger charge is 2.18. The van der Waals surface area contributed by atoms with E-state index in [9.17, 15) is 0 Å². The highest BCUT2D eigenvalue weighted by molar-refractivity contribution is 8.05. The zero-order valence-electron chi connectivity index (χ0n) is 14.7. The van der Waals surface area contributed by atoms with Crippen molar-refractivity contribution in [1.82, 2.24) is 0 Å². The summed E-state index contributed by atoms with van der Waals surface area (Å²) in [6.45, 7) is 2.29. The maximum atomic E-state index is 2.33. The van der Waals surface area contributed by atoms with E-state index in [0.717, 1.165) is 0 Å². The van der Waals surface area contributed by atoms with E-state index in [2.05, 4.69) is 49.4 Å². The molecule has 1 aliphatic rings. The smallest absolute Gasteiger partial charge is 0.0294 e. The number of unbranched alkanes of at least 4 members (excludes halogenated alkanes) is 7. The third-order valence-electron chi connectivity index (χ3n) is 4.64. The van der Waals surface area contributed by atoms with Gasteiger partial charge in [0.05, 0.1) is 0 Å². The first kappa shape index (κ1) is 17.9. The van der Waals surface area contributed by atoms with Gasteiger partial charge in [0.1, 0.15) is 0 Å². The molecule has 0 atom stereocenters. The van der Waals surface area contributed by atoms with Gasteiger partial charge in [-0.2, -0.15) is 0 Å². The number of aryl methyl sites for hydroxylation is 1. The third-order valence-corrected chi connectivity index (χ3v) is 7.30. The van der Waals surface area contributed by atoms with Gasteiger partial charge in [-0.25, -0.2) is 0 Å². The summed E-state index contributed by atoms with van der Waals surface area (Å²) in [5.41, 5.74) is 1.55. The van der Waals surface area contributed by atoms with Gasteiger partial charge in [-0.3, -0.25) is 0 Å². The molecule has 0 amide bonds. The van der Waals surface area contributed by atoms with E-state index in [-0.39, 0.29) is 0 Å². The largest absolute Gasteiger partial charge is 0.0877 e. The van der Waals surface area contributed by atoms with Crippen LogP contribution in [-0.2, 0) is 6.42 Å². The van der Waals surface area contributed by atoms with Gasteiger partial charge in [0, 0.05) is 19.6 Å². The Morgan fingerprint density at radius 3 is 2.00 bits per heavy atom. The van der Waals surface area contributed by atoms with Gasteiger partial charge in [0.25, 0.3) is 0 Å². The van der Waals surface area contributed by atoms with E-state index in [1.807, 2.05) is 23.5 Å². The first-order chi connectivity index (χ1) is 11.9. The highest BCUT2D eigenvalue weighted by atomic mass is 32.2. The summed E-state index contributed by atoms with van der Waals surface area (Å²) >= 11 is 3.90. The number of fused-ring (bicyclic) bond motifs is 2. The van der Waals surface area contributed by atoms with Gasteiger partial charge < -0.3 is 0 Å². The first-order valence-corrected chi connectivity index (χ1v) is 11.1. The Balaban J connectivity index is 1.50. The minimum atomic E-state index is 1.23. The molecule has 2 aromatic rings. The molecular formula is C22H28S2. The highest BCUT2D eigenvalue weighted by Crippen LogP contribution is 2.49. The minimum Gasteiger partial charge on any atom is -0.0877 e. The van der Waals surface area contributed by atoms with Crippen molar-refractivity contribution in [1.29, 1.82) is 0 Å². The van der Waals surface area contributed by atoms with Crippen LogP contribution in [0.1, 0.15) is 63.9 Å².